The van der Waals surface area contributed by atoms with E-state index in [0.717, 1.165) is 10.0 Å². The minimum Gasteiger partial charge on any atom is -0.361 e. The van der Waals surface area contributed by atoms with Crippen molar-refractivity contribution in [2.24, 2.45) is 0 Å². The zero-order chi connectivity index (χ0) is 20.6. The van der Waals surface area contributed by atoms with Crippen molar-refractivity contribution in [2.45, 2.75) is 19.5 Å². The Bertz CT molecular complexity index is 1150. The number of fused-ring (bicyclic) bond motifs is 1. The van der Waals surface area contributed by atoms with Gasteiger partial charge in [-0.2, -0.15) is 18.2 Å². The van der Waals surface area contributed by atoms with E-state index in [1.54, 1.807) is 18.2 Å². The summed E-state index contributed by atoms with van der Waals surface area (Å²) in [4.78, 5) is 2.07. The van der Waals surface area contributed by atoms with E-state index < -0.39 is 15.9 Å². The molecule has 0 atom stereocenters. The number of hydrogen-bond acceptors (Lipinski definition) is 5. The smallest absolute Gasteiger partial charge is 0.311 e. The predicted octanol–water partition coefficient (Wildman–Crippen LogP) is 3.67. The first kappa shape index (κ1) is 20.1. The maximum atomic E-state index is 14.3. The van der Waals surface area contributed by atoms with Crippen molar-refractivity contribution >= 4 is 26.0 Å². The summed E-state index contributed by atoms with van der Waals surface area (Å²) in [5.74, 6) is -0.542. The summed E-state index contributed by atoms with van der Waals surface area (Å²) in [6.07, 6.45) is 0.285. The number of hydrogen-bond donors (Lipinski definition) is 0. The number of para-hydroxylation sites is 1. The van der Waals surface area contributed by atoms with Crippen molar-refractivity contribution in [1.29, 1.82) is 0 Å². The van der Waals surface area contributed by atoms with Crippen molar-refractivity contribution in [3.05, 3.63) is 75.6 Å². The highest BCUT2D eigenvalue weighted by atomic mass is 79.9. The van der Waals surface area contributed by atoms with Gasteiger partial charge in [0.15, 0.2) is 0 Å². The molecule has 0 unspecified atom stereocenters. The normalized spacial score (nSPS) is 15.2. The van der Waals surface area contributed by atoms with Crippen LogP contribution in [0.2, 0.25) is 0 Å². The molecule has 0 N–H and O–H groups in total. The van der Waals surface area contributed by atoms with Gasteiger partial charge in [-0.15, -0.1) is 0 Å². The Hall–Kier alpha value is -2.23. The minimum atomic E-state index is -3.71. The molecular formula is C20H19BrFN3O3S. The summed E-state index contributed by atoms with van der Waals surface area (Å²) in [5.41, 5.74) is 2.67. The summed E-state index contributed by atoms with van der Waals surface area (Å²) in [5, 5.41) is 4.52. The van der Waals surface area contributed by atoms with Crippen LogP contribution in [0.15, 0.2) is 53.0 Å². The van der Waals surface area contributed by atoms with Gasteiger partial charge in [0, 0.05) is 23.1 Å². The van der Waals surface area contributed by atoms with Crippen LogP contribution >= 0.6 is 15.9 Å². The van der Waals surface area contributed by atoms with Crippen LogP contribution in [0, 0.1) is 5.82 Å². The number of aromatic nitrogens is 2. The van der Waals surface area contributed by atoms with E-state index in [1.165, 1.54) is 10.7 Å². The second kappa shape index (κ2) is 7.89. The standard InChI is InChI=1S/C20H19BrFN3O3S/c1-24(12-14-6-8-15(21)9-7-14)13-18-16-10-11-29(26,27)28-20(16)25(23-18)19-5-3-2-4-17(19)22/h2-9H,10-13H2,1H3. The van der Waals surface area contributed by atoms with Crippen LogP contribution in [-0.2, 0) is 29.6 Å². The second-order valence-corrected chi connectivity index (χ2v) is 9.59. The number of rotatable bonds is 5. The highest BCUT2D eigenvalue weighted by Crippen LogP contribution is 2.33. The molecular weight excluding hydrogens is 461 g/mol. The Morgan fingerprint density at radius 1 is 1.17 bits per heavy atom. The summed E-state index contributed by atoms with van der Waals surface area (Å²) in [7, 11) is -1.75. The molecule has 4 rings (SSSR count). The first-order chi connectivity index (χ1) is 13.8. The van der Waals surface area contributed by atoms with E-state index in [4.69, 9.17) is 4.18 Å². The first-order valence-electron chi connectivity index (χ1n) is 9.03. The summed E-state index contributed by atoms with van der Waals surface area (Å²) >= 11 is 3.43. The van der Waals surface area contributed by atoms with Crippen LogP contribution in [0.5, 0.6) is 5.88 Å². The fraction of sp³-hybridized carbons (Fsp3) is 0.250. The van der Waals surface area contributed by atoms with Crippen LogP contribution < -0.4 is 4.18 Å². The average Bonchev–Trinajstić information content (AvgIpc) is 3.00. The van der Waals surface area contributed by atoms with Gasteiger partial charge in [0.2, 0.25) is 5.88 Å². The maximum Gasteiger partial charge on any atom is 0.311 e. The predicted molar refractivity (Wildman–Crippen MR) is 111 cm³/mol. The van der Waals surface area contributed by atoms with Gasteiger partial charge in [0.25, 0.3) is 0 Å². The third kappa shape index (κ3) is 4.36. The van der Waals surface area contributed by atoms with E-state index in [1.807, 2.05) is 31.3 Å². The van der Waals surface area contributed by atoms with Crippen LogP contribution in [0.25, 0.3) is 5.69 Å². The lowest BCUT2D eigenvalue weighted by molar-refractivity contribution is 0.313. The van der Waals surface area contributed by atoms with Gasteiger partial charge in [-0.25, -0.2) is 4.39 Å². The molecule has 6 nitrogen and oxygen atoms in total. The van der Waals surface area contributed by atoms with Gasteiger partial charge in [0.1, 0.15) is 11.5 Å². The molecule has 3 aromatic rings. The molecule has 1 aromatic heterocycles. The molecule has 0 amide bonds. The zero-order valence-corrected chi connectivity index (χ0v) is 18.1. The van der Waals surface area contributed by atoms with Crippen molar-refractivity contribution in [3.63, 3.8) is 0 Å². The third-order valence-electron chi connectivity index (χ3n) is 4.69. The summed E-state index contributed by atoms with van der Waals surface area (Å²) < 4.78 is 45.9. The summed E-state index contributed by atoms with van der Waals surface area (Å²) in [6.45, 7) is 1.16. The molecule has 152 valence electrons. The van der Waals surface area contributed by atoms with E-state index in [9.17, 15) is 12.8 Å². The second-order valence-electron chi connectivity index (χ2n) is 6.99. The van der Waals surface area contributed by atoms with E-state index in [0.29, 0.717) is 24.3 Å². The van der Waals surface area contributed by atoms with E-state index >= 15 is 0 Å². The Labute approximate surface area is 177 Å². The molecule has 2 aromatic carbocycles. The molecule has 0 aliphatic carbocycles. The Balaban J connectivity index is 1.67. The molecule has 0 radical (unpaired) electrons. The first-order valence-corrected chi connectivity index (χ1v) is 11.4. The van der Waals surface area contributed by atoms with Crippen LogP contribution in [0.1, 0.15) is 16.8 Å². The molecule has 0 saturated carbocycles. The molecule has 0 spiro atoms. The highest BCUT2D eigenvalue weighted by Gasteiger charge is 2.31. The molecule has 0 saturated heterocycles. The lowest BCUT2D eigenvalue weighted by atomic mass is 10.1. The molecule has 1 aliphatic heterocycles. The lowest BCUT2D eigenvalue weighted by Crippen LogP contribution is -2.23. The molecule has 0 bridgehead atoms. The van der Waals surface area contributed by atoms with Gasteiger partial charge in [-0.1, -0.05) is 40.2 Å². The topological polar surface area (TPSA) is 64.4 Å². The third-order valence-corrected chi connectivity index (χ3v) is 6.34. The lowest BCUT2D eigenvalue weighted by Gasteiger charge is -2.18. The SMILES string of the molecule is CN(Cc1ccc(Br)cc1)Cc1nn(-c2ccccc2F)c2c1CCS(=O)(=O)O2. The van der Waals surface area contributed by atoms with Gasteiger partial charge >= 0.3 is 10.1 Å². The van der Waals surface area contributed by atoms with Crippen molar-refractivity contribution in [1.82, 2.24) is 14.7 Å². The molecule has 9 heteroatoms. The van der Waals surface area contributed by atoms with Crippen LogP contribution in [-0.4, -0.2) is 35.9 Å². The Morgan fingerprint density at radius 3 is 2.62 bits per heavy atom. The number of nitrogens with zero attached hydrogens (tertiary/aromatic N) is 3. The van der Waals surface area contributed by atoms with Crippen LogP contribution in [0.4, 0.5) is 4.39 Å². The fourth-order valence-corrected chi connectivity index (χ4v) is 4.54. The minimum absolute atomic E-state index is 0.0772. The van der Waals surface area contributed by atoms with Gasteiger partial charge in [-0.3, -0.25) is 4.90 Å². The van der Waals surface area contributed by atoms with E-state index in [2.05, 4.69) is 25.9 Å². The van der Waals surface area contributed by atoms with Gasteiger partial charge < -0.3 is 4.18 Å². The zero-order valence-electron chi connectivity index (χ0n) is 15.7. The summed E-state index contributed by atoms with van der Waals surface area (Å²) in [6, 6.07) is 14.1. The Kier molecular flexibility index (Phi) is 5.46. The fourth-order valence-electron chi connectivity index (χ4n) is 3.33. The van der Waals surface area contributed by atoms with Crippen LogP contribution in [0.3, 0.4) is 0 Å². The number of halogens is 2. The molecule has 0 fully saturated rings. The highest BCUT2D eigenvalue weighted by molar-refractivity contribution is 9.10. The largest absolute Gasteiger partial charge is 0.361 e. The van der Waals surface area contributed by atoms with Crippen molar-refractivity contribution in [3.8, 4) is 11.6 Å². The quantitative estimate of drug-likeness (QED) is 0.522. The monoisotopic (exact) mass is 479 g/mol. The van der Waals surface area contributed by atoms with Crippen molar-refractivity contribution in [2.75, 3.05) is 12.8 Å². The van der Waals surface area contributed by atoms with E-state index in [-0.39, 0.29) is 23.7 Å². The molecule has 29 heavy (non-hydrogen) atoms. The van der Waals surface area contributed by atoms with Crippen molar-refractivity contribution < 1.29 is 17.0 Å². The average molecular weight is 480 g/mol. The van der Waals surface area contributed by atoms with Gasteiger partial charge in [0.05, 0.1) is 11.4 Å². The molecule has 2 heterocycles. The number of benzene rings is 2. The Morgan fingerprint density at radius 2 is 1.90 bits per heavy atom. The maximum absolute atomic E-state index is 14.3. The van der Waals surface area contributed by atoms with Gasteiger partial charge in [-0.05, 0) is 43.3 Å². The molecule has 1 aliphatic rings.